The number of halogens is 2. The number of rotatable bonds is 4. The lowest BCUT2D eigenvalue weighted by Gasteiger charge is -2.05. The van der Waals surface area contributed by atoms with Gasteiger partial charge in [0.05, 0.1) is 16.2 Å². The molecule has 134 valence electrons. The number of allylic oxidation sites excluding steroid dienone is 1. The van der Waals surface area contributed by atoms with Gasteiger partial charge in [-0.05, 0) is 48.4 Å². The Morgan fingerprint density at radius 1 is 1.00 bits per heavy atom. The van der Waals surface area contributed by atoms with Crippen molar-refractivity contribution in [2.75, 3.05) is 0 Å². The molecule has 0 saturated carbocycles. The summed E-state index contributed by atoms with van der Waals surface area (Å²) >= 11 is 11.9. The topological polar surface area (TPSA) is 50.9 Å². The highest BCUT2D eigenvalue weighted by Gasteiger charge is 2.07. The van der Waals surface area contributed by atoms with E-state index in [1.807, 2.05) is 65.4 Å². The van der Waals surface area contributed by atoms with Crippen molar-refractivity contribution >= 4 is 40.3 Å². The molecule has 0 atom stereocenters. The summed E-state index contributed by atoms with van der Waals surface area (Å²) in [7, 11) is 0. The van der Waals surface area contributed by atoms with Gasteiger partial charge < -0.3 is 5.11 Å². The first-order valence-electron chi connectivity index (χ1n) is 8.36. The lowest BCUT2D eigenvalue weighted by molar-refractivity contribution is 0.470. The Morgan fingerprint density at radius 3 is 2.59 bits per heavy atom. The van der Waals surface area contributed by atoms with Crippen molar-refractivity contribution in [2.24, 2.45) is 0 Å². The van der Waals surface area contributed by atoms with Crippen molar-refractivity contribution in [1.29, 1.82) is 0 Å². The molecule has 0 aliphatic rings. The number of para-hydroxylation sites is 1. The maximum Gasteiger partial charge on any atom is 0.137 e. The van der Waals surface area contributed by atoms with E-state index in [4.69, 9.17) is 23.2 Å². The molecule has 1 N–H and O–H groups in total. The highest BCUT2D eigenvalue weighted by Crippen LogP contribution is 2.31. The molecule has 0 bridgehead atoms. The number of aromatic hydroxyl groups is 1. The minimum Gasteiger partial charge on any atom is -0.506 e. The van der Waals surface area contributed by atoms with E-state index in [1.165, 1.54) is 6.07 Å². The molecular weight excluding hydrogens is 381 g/mol. The van der Waals surface area contributed by atoms with Gasteiger partial charge in [-0.1, -0.05) is 64.8 Å². The number of phenolic OH excluding ortho intramolecular Hbond substituents is 1. The number of hydrogen-bond donors (Lipinski definition) is 1. The van der Waals surface area contributed by atoms with Gasteiger partial charge in [0.1, 0.15) is 11.3 Å². The number of benzene rings is 3. The molecule has 0 aliphatic carbocycles. The van der Waals surface area contributed by atoms with Crippen LogP contribution in [0.2, 0.25) is 10.0 Å². The molecule has 1 heterocycles. The summed E-state index contributed by atoms with van der Waals surface area (Å²) < 4.78 is 1.81. The Bertz CT molecular complexity index is 1130. The third-order valence-electron chi connectivity index (χ3n) is 4.24. The predicted octanol–water partition coefficient (Wildman–Crippen LogP) is 5.69. The molecule has 0 amide bonds. The number of hydrogen-bond acceptors (Lipinski definition) is 3. The number of fused-ring (bicyclic) bond motifs is 1. The fourth-order valence-corrected chi connectivity index (χ4v) is 3.42. The molecule has 4 nitrogen and oxygen atoms in total. The summed E-state index contributed by atoms with van der Waals surface area (Å²) in [6, 6.07) is 19.1. The monoisotopic (exact) mass is 395 g/mol. The molecule has 4 aromatic rings. The first-order chi connectivity index (χ1) is 13.1. The van der Waals surface area contributed by atoms with Crippen LogP contribution in [0.25, 0.3) is 22.8 Å². The van der Waals surface area contributed by atoms with Crippen molar-refractivity contribution in [3.63, 3.8) is 0 Å². The van der Waals surface area contributed by atoms with Crippen LogP contribution in [0.1, 0.15) is 11.1 Å². The summed E-state index contributed by atoms with van der Waals surface area (Å²) in [6.07, 6.45) is 4.47. The summed E-state index contributed by atoms with van der Waals surface area (Å²) in [5, 5.41) is 19.2. The standard InChI is InChI=1S/C21H15Cl2N3O/c22-16-12-15(21(27)18(23)13-16)5-3-4-14-8-10-17(11-9-14)26-20-7-2-1-6-19(20)24-25-26/h1-4,6-13,27H,5H2/b4-3+. The summed E-state index contributed by atoms with van der Waals surface area (Å²) in [6.45, 7) is 0. The number of nitrogens with zero attached hydrogens (tertiary/aromatic N) is 3. The number of aromatic nitrogens is 3. The lowest BCUT2D eigenvalue weighted by Crippen LogP contribution is -1.96. The smallest absolute Gasteiger partial charge is 0.137 e. The molecule has 0 aliphatic heterocycles. The third kappa shape index (κ3) is 3.68. The molecule has 0 unspecified atom stereocenters. The van der Waals surface area contributed by atoms with E-state index in [9.17, 15) is 5.11 Å². The van der Waals surface area contributed by atoms with Gasteiger partial charge in [-0.2, -0.15) is 0 Å². The van der Waals surface area contributed by atoms with Crippen molar-refractivity contribution in [3.05, 3.63) is 87.9 Å². The second-order valence-corrected chi connectivity index (χ2v) is 6.93. The van der Waals surface area contributed by atoms with Crippen LogP contribution in [-0.4, -0.2) is 20.1 Å². The van der Waals surface area contributed by atoms with Crippen molar-refractivity contribution in [2.45, 2.75) is 6.42 Å². The molecule has 4 rings (SSSR count). The van der Waals surface area contributed by atoms with Crippen LogP contribution < -0.4 is 0 Å². The van der Waals surface area contributed by atoms with Crippen LogP contribution in [0.3, 0.4) is 0 Å². The van der Waals surface area contributed by atoms with Gasteiger partial charge in [0, 0.05) is 10.6 Å². The fourth-order valence-electron chi connectivity index (χ4n) is 2.88. The first kappa shape index (κ1) is 17.6. The molecule has 27 heavy (non-hydrogen) atoms. The van der Waals surface area contributed by atoms with Crippen LogP contribution in [0, 0.1) is 0 Å². The largest absolute Gasteiger partial charge is 0.506 e. The Morgan fingerprint density at radius 2 is 1.78 bits per heavy atom. The minimum absolute atomic E-state index is 0.0686. The zero-order chi connectivity index (χ0) is 18.8. The first-order valence-corrected chi connectivity index (χ1v) is 9.12. The van der Waals surface area contributed by atoms with E-state index < -0.39 is 0 Å². The van der Waals surface area contributed by atoms with E-state index in [2.05, 4.69) is 10.3 Å². The van der Waals surface area contributed by atoms with Gasteiger partial charge >= 0.3 is 0 Å². The van der Waals surface area contributed by atoms with E-state index in [0.717, 1.165) is 22.3 Å². The van der Waals surface area contributed by atoms with Crippen LogP contribution in [0.4, 0.5) is 0 Å². The minimum atomic E-state index is 0.0686. The van der Waals surface area contributed by atoms with Gasteiger partial charge in [-0.25, -0.2) is 4.68 Å². The highest BCUT2D eigenvalue weighted by molar-refractivity contribution is 6.35. The molecular formula is C21H15Cl2N3O. The van der Waals surface area contributed by atoms with E-state index >= 15 is 0 Å². The summed E-state index contributed by atoms with van der Waals surface area (Å²) in [5.41, 5.74) is 4.50. The average molecular weight is 396 g/mol. The lowest BCUT2D eigenvalue weighted by atomic mass is 10.1. The molecule has 0 spiro atoms. The van der Waals surface area contributed by atoms with Crippen molar-refractivity contribution < 1.29 is 5.11 Å². The second-order valence-electron chi connectivity index (χ2n) is 6.08. The SMILES string of the molecule is Oc1c(Cl)cc(Cl)cc1C/C=C/c1ccc(-n2nnc3ccccc32)cc1. The fraction of sp³-hybridized carbons (Fsp3) is 0.0476. The van der Waals surface area contributed by atoms with Crippen LogP contribution >= 0.6 is 23.2 Å². The van der Waals surface area contributed by atoms with E-state index in [-0.39, 0.29) is 10.8 Å². The number of phenols is 1. The molecule has 0 saturated heterocycles. The zero-order valence-electron chi connectivity index (χ0n) is 14.2. The van der Waals surface area contributed by atoms with E-state index in [1.54, 1.807) is 6.07 Å². The van der Waals surface area contributed by atoms with Crippen LogP contribution in [-0.2, 0) is 6.42 Å². The second kappa shape index (κ2) is 7.43. The maximum absolute atomic E-state index is 10.0. The maximum atomic E-state index is 10.0. The third-order valence-corrected chi connectivity index (χ3v) is 4.75. The van der Waals surface area contributed by atoms with Crippen LogP contribution in [0.15, 0.2) is 66.7 Å². The Hall–Kier alpha value is -2.82. The highest BCUT2D eigenvalue weighted by atomic mass is 35.5. The van der Waals surface area contributed by atoms with Gasteiger partial charge in [-0.15, -0.1) is 5.10 Å². The van der Waals surface area contributed by atoms with Crippen LogP contribution in [0.5, 0.6) is 5.75 Å². The van der Waals surface area contributed by atoms with Gasteiger partial charge in [0.25, 0.3) is 0 Å². The molecule has 3 aromatic carbocycles. The summed E-state index contributed by atoms with van der Waals surface area (Å²) in [5.74, 6) is 0.0686. The zero-order valence-corrected chi connectivity index (χ0v) is 15.7. The van der Waals surface area contributed by atoms with Crippen molar-refractivity contribution in [3.8, 4) is 11.4 Å². The predicted molar refractivity (Wildman–Crippen MR) is 110 cm³/mol. The molecule has 6 heteroatoms. The van der Waals surface area contributed by atoms with Gasteiger partial charge in [0.2, 0.25) is 0 Å². The molecule has 1 aromatic heterocycles. The Kier molecular flexibility index (Phi) is 4.84. The quantitative estimate of drug-likeness (QED) is 0.482. The normalized spacial score (nSPS) is 11.5. The Balaban J connectivity index is 1.52. The van der Waals surface area contributed by atoms with Crippen molar-refractivity contribution in [1.82, 2.24) is 15.0 Å². The van der Waals surface area contributed by atoms with E-state index in [0.29, 0.717) is 17.0 Å². The van der Waals surface area contributed by atoms with Gasteiger partial charge in [-0.3, -0.25) is 0 Å². The van der Waals surface area contributed by atoms with Gasteiger partial charge in [0.15, 0.2) is 0 Å². The average Bonchev–Trinajstić information content (AvgIpc) is 3.10. The Labute approximate surface area is 166 Å². The molecule has 0 radical (unpaired) electrons. The molecule has 0 fully saturated rings. The summed E-state index contributed by atoms with van der Waals surface area (Å²) in [4.78, 5) is 0.